The molecule has 0 amide bonds. The van der Waals surface area contributed by atoms with Gasteiger partial charge >= 0.3 is 0 Å². The summed E-state index contributed by atoms with van der Waals surface area (Å²) in [5.41, 5.74) is 0. The van der Waals surface area contributed by atoms with Gasteiger partial charge in [-0.15, -0.1) is 0 Å². The van der Waals surface area contributed by atoms with E-state index in [2.05, 4.69) is 6.92 Å². The molecule has 0 atom stereocenters. The number of carbonyl (C=O) groups excluding carboxylic acids is 1. The van der Waals surface area contributed by atoms with Crippen LogP contribution < -0.4 is 0 Å². The number of carbonyl (C=O) groups is 1. The molecule has 0 saturated carbocycles. The number of unbranched alkanes of at least 4 members (excludes halogenated alkanes) is 25. The highest BCUT2D eigenvalue weighted by molar-refractivity contribution is 5.87. The molecule has 0 spiro atoms. The van der Waals surface area contributed by atoms with Crippen molar-refractivity contribution in [3.8, 4) is 0 Å². The highest BCUT2D eigenvalue weighted by Gasteiger charge is 1.96. The molecule has 0 aromatic carbocycles. The Balaban J connectivity index is 3.03. The van der Waals surface area contributed by atoms with E-state index in [1.165, 1.54) is 161 Å². The third-order valence-corrected chi connectivity index (χ3v) is 6.83. The predicted molar refractivity (Wildman–Crippen MR) is 146 cm³/mol. The van der Waals surface area contributed by atoms with E-state index in [0.29, 0.717) is 0 Å². The van der Waals surface area contributed by atoms with E-state index in [9.17, 15) is 4.79 Å². The molecule has 0 rings (SSSR count). The molecule has 0 aromatic heterocycles. The average Bonchev–Trinajstić information content (AvgIpc) is 2.78. The Kier molecular flexibility index (Phi) is 27.9. The van der Waals surface area contributed by atoms with Crippen molar-refractivity contribution in [1.29, 1.82) is 0 Å². The summed E-state index contributed by atoms with van der Waals surface area (Å²) in [6.45, 7) is 3.92. The first-order valence-corrected chi connectivity index (χ1v) is 14.9. The normalized spacial score (nSPS) is 11.6. The van der Waals surface area contributed by atoms with Crippen LogP contribution in [0.25, 0.3) is 0 Å². The first-order chi connectivity index (χ1) is 15.8. The summed E-state index contributed by atoms with van der Waals surface area (Å²) in [6.07, 6.45) is 40.8. The van der Waals surface area contributed by atoms with Gasteiger partial charge in [-0.25, -0.2) is 0 Å². The summed E-state index contributed by atoms with van der Waals surface area (Å²) in [6, 6.07) is 0. The van der Waals surface area contributed by atoms with Crippen LogP contribution in [0.3, 0.4) is 0 Å². The molecule has 0 bridgehead atoms. The lowest BCUT2D eigenvalue weighted by atomic mass is 10.0. The second-order valence-corrected chi connectivity index (χ2v) is 10.3. The van der Waals surface area contributed by atoms with Crippen molar-refractivity contribution in [3.05, 3.63) is 12.2 Å². The van der Waals surface area contributed by atoms with Gasteiger partial charge in [-0.1, -0.05) is 167 Å². The summed E-state index contributed by atoms with van der Waals surface area (Å²) in [4.78, 5) is 10.8. The van der Waals surface area contributed by atoms with Gasteiger partial charge in [0.25, 0.3) is 0 Å². The molecule has 0 radical (unpaired) electrons. The van der Waals surface area contributed by atoms with Crippen molar-refractivity contribution in [2.45, 2.75) is 181 Å². The van der Waals surface area contributed by atoms with Crippen molar-refractivity contribution in [2.24, 2.45) is 0 Å². The molecule has 32 heavy (non-hydrogen) atoms. The highest BCUT2D eigenvalue weighted by Crippen LogP contribution is 2.16. The van der Waals surface area contributed by atoms with Gasteiger partial charge in [-0.05, 0) is 25.8 Å². The first-order valence-electron chi connectivity index (χ1n) is 14.9. The van der Waals surface area contributed by atoms with Crippen molar-refractivity contribution in [3.63, 3.8) is 0 Å². The van der Waals surface area contributed by atoms with Crippen LogP contribution >= 0.6 is 0 Å². The van der Waals surface area contributed by atoms with E-state index in [1.54, 1.807) is 13.0 Å². The van der Waals surface area contributed by atoms with Crippen LogP contribution in [0.1, 0.15) is 181 Å². The summed E-state index contributed by atoms with van der Waals surface area (Å²) < 4.78 is 0. The number of hydrogen-bond acceptors (Lipinski definition) is 1. The molecule has 0 heterocycles. The summed E-state index contributed by atoms with van der Waals surface area (Å²) >= 11 is 0. The predicted octanol–water partition coefficient (Wildman–Crippen LogP) is 11.3. The highest BCUT2D eigenvalue weighted by atomic mass is 16.1. The molecule has 0 N–H and O–H groups in total. The van der Waals surface area contributed by atoms with E-state index >= 15 is 0 Å². The lowest BCUT2D eigenvalue weighted by molar-refractivity contribution is -0.112. The maximum Gasteiger partial charge on any atom is 0.152 e. The van der Waals surface area contributed by atoms with Crippen LogP contribution in [0.15, 0.2) is 12.2 Å². The van der Waals surface area contributed by atoms with Gasteiger partial charge in [0, 0.05) is 0 Å². The van der Waals surface area contributed by atoms with E-state index < -0.39 is 0 Å². The van der Waals surface area contributed by atoms with Crippen LogP contribution in [0, 0.1) is 0 Å². The Labute approximate surface area is 203 Å². The quantitative estimate of drug-likeness (QED) is 0.0901. The van der Waals surface area contributed by atoms with Gasteiger partial charge in [-0.2, -0.15) is 0 Å². The standard InChI is InChI=1S/C31H60O/c1-3-4-5-6-7-8-9-10-11-12-13-14-15-16-17-18-19-20-21-22-23-24-25-26-27-28-29-30-31(2)32/h29-30H,3-28H2,1-2H3. The topological polar surface area (TPSA) is 17.1 Å². The molecule has 0 aliphatic rings. The zero-order chi connectivity index (χ0) is 23.4. The maximum atomic E-state index is 10.8. The zero-order valence-electron chi connectivity index (χ0n) is 22.4. The fraction of sp³-hybridized carbons (Fsp3) is 0.903. The van der Waals surface area contributed by atoms with Crippen molar-refractivity contribution in [1.82, 2.24) is 0 Å². The van der Waals surface area contributed by atoms with Gasteiger partial charge in [0.05, 0.1) is 0 Å². The second-order valence-electron chi connectivity index (χ2n) is 10.3. The first kappa shape index (κ1) is 31.4. The SMILES string of the molecule is CCCCCCCCCCCCCCCCCCCCCCCCCCCC=CC(C)=O. The second kappa shape index (κ2) is 28.4. The molecule has 1 heteroatoms. The number of rotatable bonds is 27. The fourth-order valence-electron chi connectivity index (χ4n) is 4.65. The maximum absolute atomic E-state index is 10.8. The monoisotopic (exact) mass is 448 g/mol. The molecule has 190 valence electrons. The summed E-state index contributed by atoms with van der Waals surface area (Å²) in [5, 5.41) is 0. The van der Waals surface area contributed by atoms with Crippen molar-refractivity contribution < 1.29 is 4.79 Å². The number of allylic oxidation sites excluding steroid dienone is 2. The minimum atomic E-state index is 0.171. The number of hydrogen-bond donors (Lipinski definition) is 0. The fourth-order valence-corrected chi connectivity index (χ4v) is 4.65. The van der Waals surface area contributed by atoms with Crippen LogP contribution in [0.4, 0.5) is 0 Å². The lowest BCUT2D eigenvalue weighted by Gasteiger charge is -2.04. The minimum absolute atomic E-state index is 0.171. The number of ketones is 1. The molecular weight excluding hydrogens is 388 g/mol. The molecule has 0 aliphatic heterocycles. The van der Waals surface area contributed by atoms with Gasteiger partial charge in [0.15, 0.2) is 5.78 Å². The van der Waals surface area contributed by atoms with E-state index in [1.807, 2.05) is 6.08 Å². The smallest absolute Gasteiger partial charge is 0.152 e. The molecule has 0 unspecified atom stereocenters. The summed E-state index contributed by atoms with van der Waals surface area (Å²) in [5.74, 6) is 0.171. The van der Waals surface area contributed by atoms with E-state index in [-0.39, 0.29) is 5.78 Å². The Morgan fingerprint density at radius 1 is 0.438 bits per heavy atom. The third-order valence-electron chi connectivity index (χ3n) is 6.83. The Hall–Kier alpha value is -0.590. The largest absolute Gasteiger partial charge is 0.295 e. The third kappa shape index (κ3) is 29.4. The van der Waals surface area contributed by atoms with Crippen LogP contribution in [-0.4, -0.2) is 5.78 Å². The van der Waals surface area contributed by atoms with E-state index in [0.717, 1.165) is 6.42 Å². The zero-order valence-corrected chi connectivity index (χ0v) is 22.4. The molecule has 0 saturated heterocycles. The Morgan fingerprint density at radius 3 is 0.938 bits per heavy atom. The van der Waals surface area contributed by atoms with Gasteiger partial charge in [-0.3, -0.25) is 4.79 Å². The van der Waals surface area contributed by atoms with Crippen molar-refractivity contribution >= 4 is 5.78 Å². The Morgan fingerprint density at radius 2 is 0.688 bits per heavy atom. The van der Waals surface area contributed by atoms with Gasteiger partial charge in [0.1, 0.15) is 0 Å². The summed E-state index contributed by atoms with van der Waals surface area (Å²) in [7, 11) is 0. The van der Waals surface area contributed by atoms with Crippen LogP contribution in [0.2, 0.25) is 0 Å². The van der Waals surface area contributed by atoms with Gasteiger partial charge in [0.2, 0.25) is 0 Å². The van der Waals surface area contributed by atoms with Gasteiger partial charge < -0.3 is 0 Å². The van der Waals surface area contributed by atoms with Crippen LogP contribution in [0.5, 0.6) is 0 Å². The molecule has 0 aromatic rings. The molecular formula is C31H60O. The molecule has 0 fully saturated rings. The molecule has 1 nitrogen and oxygen atoms in total. The Bertz CT molecular complexity index is 384. The molecule has 0 aliphatic carbocycles. The van der Waals surface area contributed by atoms with E-state index in [4.69, 9.17) is 0 Å². The average molecular weight is 449 g/mol. The lowest BCUT2D eigenvalue weighted by Crippen LogP contribution is -1.84. The minimum Gasteiger partial charge on any atom is -0.295 e. The van der Waals surface area contributed by atoms with Crippen LogP contribution in [-0.2, 0) is 4.79 Å². The van der Waals surface area contributed by atoms with Crippen molar-refractivity contribution in [2.75, 3.05) is 0 Å².